The molecule has 0 unspecified atom stereocenters. The topological polar surface area (TPSA) is 175 Å². The molecular formula is C43H49ClN8O6. The molecule has 2 aliphatic rings. The molecule has 0 aliphatic carbocycles. The molecule has 3 aromatic carbocycles. The van der Waals surface area contributed by atoms with Gasteiger partial charge in [0.15, 0.2) is 0 Å². The Hall–Kier alpha value is -6.15. The van der Waals surface area contributed by atoms with Crippen molar-refractivity contribution in [1.29, 1.82) is 0 Å². The smallest absolute Gasteiger partial charge is 0.407 e. The molecule has 0 spiro atoms. The van der Waals surface area contributed by atoms with E-state index < -0.39 is 24.3 Å². The first-order valence-electron chi connectivity index (χ1n) is 19.3. The summed E-state index contributed by atoms with van der Waals surface area (Å²) in [4.78, 5) is 71.4. The number of likely N-dealkylation sites (tertiary alicyclic amines) is 2. The summed E-state index contributed by atoms with van der Waals surface area (Å²) >= 11 is 0. The Balaban J connectivity index is 0.00000567. The third-order valence-electron chi connectivity index (χ3n) is 10.8. The van der Waals surface area contributed by atoms with E-state index in [1.807, 2.05) is 68.4 Å². The quantitative estimate of drug-likeness (QED) is 0.107. The highest BCUT2D eigenvalue weighted by Crippen LogP contribution is 2.36. The van der Waals surface area contributed by atoms with Crippen molar-refractivity contribution in [2.24, 2.45) is 5.92 Å². The number of carbonyl (C=O) groups excluding carboxylic acids is 4. The Morgan fingerprint density at radius 3 is 1.57 bits per heavy atom. The number of nitrogens with zero attached hydrogens (tertiary/aromatic N) is 4. The highest BCUT2D eigenvalue weighted by atomic mass is 35.5. The number of rotatable bonds is 11. The van der Waals surface area contributed by atoms with Gasteiger partial charge in [-0.2, -0.15) is 0 Å². The largest absolute Gasteiger partial charge is 0.453 e. The minimum absolute atomic E-state index is 0. The maximum atomic E-state index is 13.9. The van der Waals surface area contributed by atoms with Gasteiger partial charge < -0.3 is 39.9 Å². The summed E-state index contributed by atoms with van der Waals surface area (Å²) in [7, 11) is 2.57. The summed E-state index contributed by atoms with van der Waals surface area (Å²) in [6, 6.07) is 23.6. The monoisotopic (exact) mass is 808 g/mol. The van der Waals surface area contributed by atoms with E-state index in [1.165, 1.54) is 14.2 Å². The minimum Gasteiger partial charge on any atom is -0.453 e. The van der Waals surface area contributed by atoms with Crippen molar-refractivity contribution in [3.05, 3.63) is 108 Å². The SMILES string of the molecule is COC(=O)N[C@H](C(=O)N1CCC[C@H]1c1ncc(-c2ccc(-c3ccc(-c4cnc([C@@H]5CCCN5C(=O)[C@H](NC(=O)OC)c5ccccc5)[nH]4)cc3)cc2)[nH]1)C(C)C.Cl. The van der Waals surface area contributed by atoms with Crippen LogP contribution in [0, 0.1) is 5.92 Å². The number of hydrogen-bond acceptors (Lipinski definition) is 8. The molecule has 4 atom stereocenters. The average Bonchev–Trinajstić information content (AvgIpc) is 4.09. The van der Waals surface area contributed by atoms with Crippen LogP contribution in [0.3, 0.4) is 0 Å². The van der Waals surface area contributed by atoms with Crippen molar-refractivity contribution in [3.63, 3.8) is 0 Å². The van der Waals surface area contributed by atoms with Crippen LogP contribution in [0.1, 0.15) is 74.9 Å². The van der Waals surface area contributed by atoms with Crippen molar-refractivity contribution < 1.29 is 28.7 Å². The number of nitrogens with one attached hydrogen (secondary N) is 4. The van der Waals surface area contributed by atoms with Gasteiger partial charge in [-0.1, -0.05) is 92.7 Å². The number of H-pyrrole nitrogens is 2. The molecule has 0 bridgehead atoms. The summed E-state index contributed by atoms with van der Waals surface area (Å²) < 4.78 is 9.58. The third-order valence-corrected chi connectivity index (χ3v) is 10.8. The predicted octanol–water partition coefficient (Wildman–Crippen LogP) is 7.36. The fraction of sp³-hybridized carbons (Fsp3) is 0.349. The van der Waals surface area contributed by atoms with Gasteiger partial charge in [-0.05, 0) is 59.4 Å². The van der Waals surface area contributed by atoms with E-state index in [9.17, 15) is 19.2 Å². The maximum Gasteiger partial charge on any atom is 0.407 e. The molecule has 0 saturated carbocycles. The molecule has 7 rings (SSSR count). The van der Waals surface area contributed by atoms with Gasteiger partial charge in [0, 0.05) is 13.1 Å². The standard InChI is InChI=1S/C43H48N8O6.ClH/c1-26(2)36(48-42(54)56-3)40(52)50-22-8-12-34(50)38-44-24-32(46-38)29-18-14-27(15-19-29)28-16-20-30(21-17-28)33-25-45-39(47-33)35-13-9-23-51(35)41(53)37(49-43(55)57-4)31-10-6-5-7-11-31;/h5-7,10-11,14-21,24-26,34-37H,8-9,12-13,22-23H2,1-4H3,(H,44,46)(H,45,47)(H,48,54)(H,49,55);1H/t34-,35-,36-,37+;/m0./s1. The van der Waals surface area contributed by atoms with Crippen LogP contribution in [0.2, 0.25) is 0 Å². The molecule has 0 radical (unpaired) electrons. The maximum absolute atomic E-state index is 13.9. The predicted molar refractivity (Wildman–Crippen MR) is 221 cm³/mol. The van der Waals surface area contributed by atoms with Crippen LogP contribution in [-0.2, 0) is 19.1 Å². The van der Waals surface area contributed by atoms with E-state index >= 15 is 0 Å². The van der Waals surface area contributed by atoms with Gasteiger partial charge >= 0.3 is 12.2 Å². The molecule has 5 aromatic rings. The van der Waals surface area contributed by atoms with Crippen LogP contribution in [0.25, 0.3) is 33.6 Å². The Morgan fingerprint density at radius 1 is 0.655 bits per heavy atom. The Labute approximate surface area is 343 Å². The van der Waals surface area contributed by atoms with Crippen molar-refractivity contribution in [2.45, 2.75) is 63.7 Å². The summed E-state index contributed by atoms with van der Waals surface area (Å²) in [5.41, 5.74) is 6.41. The molecule has 304 valence electrons. The first kappa shape index (κ1) is 41.5. The van der Waals surface area contributed by atoms with Gasteiger partial charge in [-0.15, -0.1) is 12.4 Å². The fourth-order valence-electron chi connectivity index (χ4n) is 7.77. The number of carbonyl (C=O) groups is 4. The van der Waals surface area contributed by atoms with E-state index in [0.717, 1.165) is 65.1 Å². The van der Waals surface area contributed by atoms with Crippen molar-refractivity contribution in [2.75, 3.05) is 27.3 Å². The van der Waals surface area contributed by atoms with Crippen LogP contribution in [0.5, 0.6) is 0 Å². The normalized spacial score (nSPS) is 17.3. The molecule has 58 heavy (non-hydrogen) atoms. The van der Waals surface area contributed by atoms with E-state index in [-0.39, 0.29) is 42.2 Å². The zero-order valence-electron chi connectivity index (χ0n) is 32.9. The molecular weight excluding hydrogens is 760 g/mol. The molecule has 2 fully saturated rings. The van der Waals surface area contributed by atoms with E-state index in [0.29, 0.717) is 24.5 Å². The molecule has 2 aliphatic heterocycles. The van der Waals surface area contributed by atoms with Gasteiger partial charge in [-0.25, -0.2) is 19.6 Å². The average molecular weight is 809 g/mol. The van der Waals surface area contributed by atoms with Crippen LogP contribution < -0.4 is 10.6 Å². The van der Waals surface area contributed by atoms with Crippen molar-refractivity contribution >= 4 is 36.4 Å². The number of aromatic amines is 2. The second-order valence-corrected chi connectivity index (χ2v) is 14.7. The second-order valence-electron chi connectivity index (χ2n) is 14.7. The second kappa shape index (κ2) is 18.4. The van der Waals surface area contributed by atoms with Crippen LogP contribution in [-0.4, -0.2) is 87.1 Å². The lowest BCUT2D eigenvalue weighted by Gasteiger charge is -2.30. The number of ether oxygens (including phenoxy) is 2. The van der Waals surface area contributed by atoms with Gasteiger partial charge in [0.1, 0.15) is 23.7 Å². The Bertz CT molecular complexity index is 2190. The lowest BCUT2D eigenvalue weighted by molar-refractivity contribution is -0.135. The number of halogens is 1. The fourth-order valence-corrected chi connectivity index (χ4v) is 7.77. The Kier molecular flexibility index (Phi) is 13.2. The molecule has 4 heterocycles. The first-order chi connectivity index (χ1) is 27.6. The number of methoxy groups -OCH3 is 2. The summed E-state index contributed by atoms with van der Waals surface area (Å²) in [5, 5.41) is 5.40. The Morgan fingerprint density at radius 2 is 1.10 bits per heavy atom. The van der Waals surface area contributed by atoms with Crippen LogP contribution >= 0.6 is 12.4 Å². The van der Waals surface area contributed by atoms with Gasteiger partial charge in [0.05, 0.1) is 50.1 Å². The van der Waals surface area contributed by atoms with Crippen molar-refractivity contribution in [1.82, 2.24) is 40.4 Å². The van der Waals surface area contributed by atoms with Gasteiger partial charge in [-0.3, -0.25) is 9.59 Å². The molecule has 4 amide bonds. The molecule has 15 heteroatoms. The lowest BCUT2D eigenvalue weighted by Crippen LogP contribution is -2.51. The molecule has 2 saturated heterocycles. The van der Waals surface area contributed by atoms with Gasteiger partial charge in [0.2, 0.25) is 5.91 Å². The number of alkyl carbamates (subject to hydrolysis) is 2. The van der Waals surface area contributed by atoms with E-state index in [4.69, 9.17) is 14.5 Å². The summed E-state index contributed by atoms with van der Waals surface area (Å²) in [6.45, 7) is 4.94. The number of amides is 4. The third kappa shape index (κ3) is 8.86. The zero-order chi connectivity index (χ0) is 40.1. The van der Waals surface area contributed by atoms with Crippen LogP contribution in [0.15, 0.2) is 91.3 Å². The highest BCUT2D eigenvalue weighted by molar-refractivity contribution is 5.88. The van der Waals surface area contributed by atoms with Crippen LogP contribution in [0.4, 0.5) is 9.59 Å². The van der Waals surface area contributed by atoms with E-state index in [2.05, 4.69) is 49.9 Å². The van der Waals surface area contributed by atoms with Crippen molar-refractivity contribution in [3.8, 4) is 33.6 Å². The minimum atomic E-state index is -0.880. The van der Waals surface area contributed by atoms with Gasteiger partial charge in [0.25, 0.3) is 5.91 Å². The summed E-state index contributed by atoms with van der Waals surface area (Å²) in [6.07, 6.45) is 5.49. The molecule has 2 aromatic heterocycles. The highest BCUT2D eigenvalue weighted by Gasteiger charge is 2.38. The number of hydrogen-bond donors (Lipinski definition) is 4. The molecule has 4 N–H and O–H groups in total. The first-order valence-corrected chi connectivity index (χ1v) is 19.3. The zero-order valence-corrected chi connectivity index (χ0v) is 33.8. The lowest BCUT2D eigenvalue weighted by atomic mass is 10.0. The molecule has 14 nitrogen and oxygen atoms in total. The number of imidazole rings is 2. The number of benzene rings is 3. The summed E-state index contributed by atoms with van der Waals surface area (Å²) in [5.74, 6) is 0.954. The van der Waals surface area contributed by atoms with E-state index in [1.54, 1.807) is 22.2 Å². The number of aromatic nitrogens is 4.